The van der Waals surface area contributed by atoms with E-state index in [9.17, 15) is 13.6 Å². The van der Waals surface area contributed by atoms with Crippen molar-refractivity contribution in [3.8, 4) is 0 Å². The highest BCUT2D eigenvalue weighted by Crippen LogP contribution is 2.18. The van der Waals surface area contributed by atoms with E-state index in [0.717, 1.165) is 25.0 Å². The molecule has 2 atom stereocenters. The van der Waals surface area contributed by atoms with Crippen molar-refractivity contribution in [2.45, 2.75) is 25.0 Å². The van der Waals surface area contributed by atoms with Crippen molar-refractivity contribution in [3.63, 3.8) is 0 Å². The molecule has 1 fully saturated rings. The number of nitrogens with one attached hydrogen (secondary N) is 1. The predicted octanol–water partition coefficient (Wildman–Crippen LogP) is 1.26. The first kappa shape index (κ1) is 13.9. The monoisotopic (exact) mass is 270 g/mol. The van der Waals surface area contributed by atoms with E-state index in [0.29, 0.717) is 18.7 Å². The summed E-state index contributed by atoms with van der Waals surface area (Å²) in [6.45, 7) is 1.16. The van der Waals surface area contributed by atoms with Crippen LogP contribution in [0, 0.1) is 11.6 Å². The molecular formula is C13H16F2N2O2. The van der Waals surface area contributed by atoms with Crippen LogP contribution in [0.15, 0.2) is 18.2 Å². The zero-order valence-corrected chi connectivity index (χ0v) is 10.4. The average Bonchev–Trinajstić information content (AvgIpc) is 2.86. The number of carbonyl (C=O) groups is 1. The van der Waals surface area contributed by atoms with Crippen LogP contribution in [0.4, 0.5) is 8.78 Å². The minimum absolute atomic E-state index is 0.0344. The molecule has 0 bridgehead atoms. The summed E-state index contributed by atoms with van der Waals surface area (Å²) in [7, 11) is 0. The van der Waals surface area contributed by atoms with Crippen LogP contribution in [-0.4, -0.2) is 25.2 Å². The fourth-order valence-corrected chi connectivity index (χ4v) is 2.13. The number of hydrogen-bond acceptors (Lipinski definition) is 3. The Kier molecular flexibility index (Phi) is 4.44. The van der Waals surface area contributed by atoms with Gasteiger partial charge in [0.15, 0.2) is 11.6 Å². The molecule has 2 unspecified atom stereocenters. The number of ether oxygens (including phenoxy) is 1. The number of hydrogen-bond donors (Lipinski definition) is 2. The standard InChI is InChI=1S/C13H16F2N2O2/c14-10-4-3-8(6-11(10)15)12(13(16)18)17-7-9-2-1-5-19-9/h3-4,6,9,12,17H,1-2,5,7H2,(H2,16,18). The second-order valence-corrected chi connectivity index (χ2v) is 4.55. The minimum Gasteiger partial charge on any atom is -0.377 e. The molecule has 4 nitrogen and oxygen atoms in total. The second-order valence-electron chi connectivity index (χ2n) is 4.55. The summed E-state index contributed by atoms with van der Waals surface area (Å²) >= 11 is 0. The van der Waals surface area contributed by atoms with E-state index in [1.165, 1.54) is 6.07 Å². The lowest BCUT2D eigenvalue weighted by molar-refractivity contribution is -0.120. The molecule has 6 heteroatoms. The summed E-state index contributed by atoms with van der Waals surface area (Å²) in [6, 6.07) is 2.46. The predicted molar refractivity (Wildman–Crippen MR) is 65.3 cm³/mol. The van der Waals surface area contributed by atoms with E-state index < -0.39 is 23.6 Å². The van der Waals surface area contributed by atoms with E-state index in [2.05, 4.69) is 5.32 Å². The molecular weight excluding hydrogens is 254 g/mol. The maximum atomic E-state index is 13.2. The van der Waals surface area contributed by atoms with Crippen LogP contribution in [0.3, 0.4) is 0 Å². The minimum atomic E-state index is -0.998. The van der Waals surface area contributed by atoms with Crippen molar-refractivity contribution in [2.24, 2.45) is 5.73 Å². The first-order valence-electron chi connectivity index (χ1n) is 6.17. The van der Waals surface area contributed by atoms with Gasteiger partial charge in [-0.05, 0) is 30.5 Å². The molecule has 1 aromatic carbocycles. The van der Waals surface area contributed by atoms with Crippen LogP contribution >= 0.6 is 0 Å². The molecule has 0 radical (unpaired) electrons. The molecule has 0 spiro atoms. The number of rotatable bonds is 5. The van der Waals surface area contributed by atoms with Crippen LogP contribution in [0.2, 0.25) is 0 Å². The SMILES string of the molecule is NC(=O)C(NCC1CCCO1)c1ccc(F)c(F)c1. The number of primary amides is 1. The van der Waals surface area contributed by atoms with Crippen molar-refractivity contribution in [3.05, 3.63) is 35.4 Å². The Morgan fingerprint density at radius 1 is 1.47 bits per heavy atom. The molecule has 0 aliphatic carbocycles. The van der Waals surface area contributed by atoms with Gasteiger partial charge in [-0.1, -0.05) is 6.07 Å². The smallest absolute Gasteiger partial charge is 0.239 e. The number of carbonyl (C=O) groups excluding carboxylic acids is 1. The van der Waals surface area contributed by atoms with E-state index in [1.54, 1.807) is 0 Å². The van der Waals surface area contributed by atoms with Gasteiger partial charge in [-0.25, -0.2) is 8.78 Å². The summed E-state index contributed by atoms with van der Waals surface area (Å²) in [5, 5.41) is 2.94. The molecule has 1 aliphatic rings. The van der Waals surface area contributed by atoms with Crippen molar-refractivity contribution >= 4 is 5.91 Å². The van der Waals surface area contributed by atoms with Crippen LogP contribution in [0.25, 0.3) is 0 Å². The molecule has 1 aromatic rings. The third kappa shape index (κ3) is 3.48. The van der Waals surface area contributed by atoms with E-state index in [4.69, 9.17) is 10.5 Å². The van der Waals surface area contributed by atoms with Gasteiger partial charge in [-0.15, -0.1) is 0 Å². The number of halogens is 2. The topological polar surface area (TPSA) is 64.4 Å². The first-order chi connectivity index (χ1) is 9.08. The van der Waals surface area contributed by atoms with Gasteiger partial charge >= 0.3 is 0 Å². The normalized spacial score (nSPS) is 20.4. The maximum Gasteiger partial charge on any atom is 0.239 e. The van der Waals surface area contributed by atoms with Gasteiger partial charge in [0.05, 0.1) is 6.10 Å². The highest BCUT2D eigenvalue weighted by Gasteiger charge is 2.22. The van der Waals surface area contributed by atoms with Crippen LogP contribution in [-0.2, 0) is 9.53 Å². The summed E-state index contributed by atoms with van der Waals surface area (Å²) < 4.78 is 31.4. The average molecular weight is 270 g/mol. The van der Waals surface area contributed by atoms with Gasteiger partial charge in [0, 0.05) is 13.2 Å². The first-order valence-corrected chi connectivity index (χ1v) is 6.17. The molecule has 1 heterocycles. The van der Waals surface area contributed by atoms with E-state index in [1.807, 2.05) is 0 Å². The third-order valence-electron chi connectivity index (χ3n) is 3.14. The third-order valence-corrected chi connectivity index (χ3v) is 3.14. The highest BCUT2D eigenvalue weighted by atomic mass is 19.2. The van der Waals surface area contributed by atoms with Gasteiger partial charge in [0.2, 0.25) is 5.91 Å². The Morgan fingerprint density at radius 2 is 2.26 bits per heavy atom. The Labute approximate surface area is 109 Å². The van der Waals surface area contributed by atoms with Crippen molar-refractivity contribution in [1.29, 1.82) is 0 Å². The molecule has 1 saturated heterocycles. The fraction of sp³-hybridized carbons (Fsp3) is 0.462. The lowest BCUT2D eigenvalue weighted by Gasteiger charge is -2.18. The Hall–Kier alpha value is -1.53. The van der Waals surface area contributed by atoms with E-state index >= 15 is 0 Å². The molecule has 3 N–H and O–H groups in total. The maximum absolute atomic E-state index is 13.2. The molecule has 0 aromatic heterocycles. The Morgan fingerprint density at radius 3 is 2.84 bits per heavy atom. The van der Waals surface area contributed by atoms with Gasteiger partial charge in [0.1, 0.15) is 6.04 Å². The molecule has 19 heavy (non-hydrogen) atoms. The van der Waals surface area contributed by atoms with Crippen molar-refractivity contribution in [1.82, 2.24) is 5.32 Å². The number of amides is 1. The fourth-order valence-electron chi connectivity index (χ4n) is 2.13. The van der Waals surface area contributed by atoms with Crippen molar-refractivity contribution in [2.75, 3.05) is 13.2 Å². The quantitative estimate of drug-likeness (QED) is 0.846. The van der Waals surface area contributed by atoms with E-state index in [-0.39, 0.29) is 6.10 Å². The van der Waals surface area contributed by atoms with Gasteiger partial charge in [-0.2, -0.15) is 0 Å². The molecule has 2 rings (SSSR count). The van der Waals surface area contributed by atoms with Crippen molar-refractivity contribution < 1.29 is 18.3 Å². The molecule has 0 saturated carbocycles. The lowest BCUT2D eigenvalue weighted by Crippen LogP contribution is -2.37. The second kappa shape index (κ2) is 6.08. The number of nitrogens with two attached hydrogens (primary N) is 1. The molecule has 1 amide bonds. The summed E-state index contributed by atoms with van der Waals surface area (Å²) in [5.41, 5.74) is 5.59. The summed E-state index contributed by atoms with van der Waals surface area (Å²) in [6.07, 6.45) is 1.93. The van der Waals surface area contributed by atoms with Crippen LogP contribution in [0.5, 0.6) is 0 Å². The molecule has 1 aliphatic heterocycles. The molecule has 104 valence electrons. The highest BCUT2D eigenvalue weighted by molar-refractivity contribution is 5.81. The Bertz CT molecular complexity index is 462. The Balaban J connectivity index is 2.05. The zero-order chi connectivity index (χ0) is 13.8. The summed E-state index contributed by atoms with van der Waals surface area (Å²) in [5.74, 6) is -2.59. The lowest BCUT2D eigenvalue weighted by atomic mass is 10.1. The number of benzene rings is 1. The van der Waals surface area contributed by atoms with Gasteiger partial charge < -0.3 is 10.5 Å². The van der Waals surface area contributed by atoms with Gasteiger partial charge in [-0.3, -0.25) is 10.1 Å². The summed E-state index contributed by atoms with van der Waals surface area (Å²) in [4.78, 5) is 11.4. The van der Waals surface area contributed by atoms with Crippen LogP contribution < -0.4 is 11.1 Å². The van der Waals surface area contributed by atoms with Crippen LogP contribution in [0.1, 0.15) is 24.4 Å². The van der Waals surface area contributed by atoms with Gasteiger partial charge in [0.25, 0.3) is 0 Å². The zero-order valence-electron chi connectivity index (χ0n) is 10.4. The largest absolute Gasteiger partial charge is 0.377 e.